The Kier molecular flexibility index (Phi) is 5.63. The lowest BCUT2D eigenvalue weighted by molar-refractivity contribution is -0.385. The van der Waals surface area contributed by atoms with Crippen LogP contribution >= 0.6 is 0 Å². The summed E-state index contributed by atoms with van der Waals surface area (Å²) in [5.41, 5.74) is 1.79. The largest absolute Gasteiger partial charge is 0.391 e. The van der Waals surface area contributed by atoms with Gasteiger partial charge in [0.05, 0.1) is 11.0 Å². The van der Waals surface area contributed by atoms with Crippen molar-refractivity contribution in [2.24, 2.45) is 0 Å². The van der Waals surface area contributed by atoms with Gasteiger partial charge in [-0.15, -0.1) is 0 Å². The fraction of sp³-hybridized carbons (Fsp3) is 0.294. The van der Waals surface area contributed by atoms with Crippen LogP contribution in [0.2, 0.25) is 0 Å². The van der Waals surface area contributed by atoms with Gasteiger partial charge in [0.2, 0.25) is 0 Å². The van der Waals surface area contributed by atoms with E-state index in [2.05, 4.69) is 5.32 Å². The van der Waals surface area contributed by atoms with Crippen molar-refractivity contribution in [1.82, 2.24) is 5.32 Å². The van der Waals surface area contributed by atoms with Gasteiger partial charge in [-0.25, -0.2) is 0 Å². The number of aliphatic hydroxyl groups is 1. The molecule has 22 heavy (non-hydrogen) atoms. The maximum atomic E-state index is 11.0. The van der Waals surface area contributed by atoms with Crippen molar-refractivity contribution in [3.63, 3.8) is 0 Å². The molecule has 2 aromatic carbocycles. The molecule has 0 saturated carbocycles. The Bertz CT molecular complexity index is 616. The highest BCUT2D eigenvalue weighted by atomic mass is 16.6. The van der Waals surface area contributed by atoms with Gasteiger partial charge in [0.25, 0.3) is 5.69 Å². The molecular weight excluding hydrogens is 280 g/mol. The number of benzene rings is 2. The minimum absolute atomic E-state index is 0.0973. The summed E-state index contributed by atoms with van der Waals surface area (Å²) in [7, 11) is 0. The predicted molar refractivity (Wildman–Crippen MR) is 85.7 cm³/mol. The van der Waals surface area contributed by atoms with Crippen LogP contribution in [0.3, 0.4) is 0 Å². The Morgan fingerprint density at radius 1 is 1.14 bits per heavy atom. The first kappa shape index (κ1) is 16.1. The molecule has 0 fully saturated rings. The summed E-state index contributed by atoms with van der Waals surface area (Å²) >= 11 is 0. The average Bonchev–Trinajstić information content (AvgIpc) is 2.53. The fourth-order valence-electron chi connectivity index (χ4n) is 2.40. The van der Waals surface area contributed by atoms with Crippen molar-refractivity contribution < 1.29 is 10.0 Å². The number of aliphatic hydroxyl groups excluding tert-OH is 1. The van der Waals surface area contributed by atoms with Gasteiger partial charge in [-0.2, -0.15) is 0 Å². The van der Waals surface area contributed by atoms with Gasteiger partial charge in [0.1, 0.15) is 0 Å². The second kappa shape index (κ2) is 7.68. The zero-order valence-corrected chi connectivity index (χ0v) is 12.5. The van der Waals surface area contributed by atoms with Gasteiger partial charge in [0, 0.05) is 24.2 Å². The third-order valence-corrected chi connectivity index (χ3v) is 3.57. The van der Waals surface area contributed by atoms with Crippen molar-refractivity contribution in [3.05, 3.63) is 75.8 Å². The summed E-state index contributed by atoms with van der Waals surface area (Å²) in [5.74, 6) is 0. The summed E-state index contributed by atoms with van der Waals surface area (Å²) in [6.07, 6.45) is 0.0184. The molecule has 0 amide bonds. The molecule has 2 N–H and O–H groups in total. The number of nitro benzene ring substituents is 1. The highest BCUT2D eigenvalue weighted by molar-refractivity contribution is 5.41. The molecule has 0 aliphatic rings. The molecule has 0 aliphatic carbocycles. The Balaban J connectivity index is 1.92. The molecule has 2 rings (SSSR count). The summed E-state index contributed by atoms with van der Waals surface area (Å²) in [5, 5.41) is 24.3. The van der Waals surface area contributed by atoms with Crippen LogP contribution in [-0.4, -0.2) is 22.7 Å². The van der Waals surface area contributed by atoms with E-state index in [0.717, 1.165) is 5.56 Å². The molecule has 0 bridgehead atoms. The second-order valence-electron chi connectivity index (χ2n) is 5.29. The second-order valence-corrected chi connectivity index (χ2v) is 5.29. The normalized spacial score (nSPS) is 13.5. The number of nitrogens with zero attached hydrogens (tertiary/aromatic N) is 1. The van der Waals surface area contributed by atoms with E-state index in [-0.39, 0.29) is 16.7 Å². The Morgan fingerprint density at radius 2 is 1.77 bits per heavy atom. The minimum atomic E-state index is -0.535. The quantitative estimate of drug-likeness (QED) is 0.609. The van der Waals surface area contributed by atoms with Gasteiger partial charge in [0.15, 0.2) is 0 Å². The van der Waals surface area contributed by atoms with Crippen LogP contribution in [0.25, 0.3) is 0 Å². The van der Waals surface area contributed by atoms with Crippen LogP contribution in [0.5, 0.6) is 0 Å². The zero-order valence-electron chi connectivity index (χ0n) is 12.5. The van der Waals surface area contributed by atoms with E-state index in [1.165, 1.54) is 6.07 Å². The first-order valence-corrected chi connectivity index (χ1v) is 7.26. The Morgan fingerprint density at radius 3 is 2.45 bits per heavy atom. The maximum absolute atomic E-state index is 11.0. The van der Waals surface area contributed by atoms with Gasteiger partial charge in [-0.05, 0) is 18.9 Å². The summed E-state index contributed by atoms with van der Waals surface area (Å²) < 4.78 is 0. The van der Waals surface area contributed by atoms with Gasteiger partial charge in [-0.3, -0.25) is 10.1 Å². The number of nitro groups is 1. The van der Waals surface area contributed by atoms with Crippen LogP contribution < -0.4 is 5.32 Å². The molecule has 0 aromatic heterocycles. The van der Waals surface area contributed by atoms with Crippen molar-refractivity contribution in [2.45, 2.75) is 25.5 Å². The van der Waals surface area contributed by atoms with E-state index in [0.29, 0.717) is 18.5 Å². The van der Waals surface area contributed by atoms with Gasteiger partial charge >= 0.3 is 0 Å². The molecule has 0 saturated heterocycles. The van der Waals surface area contributed by atoms with Gasteiger partial charge < -0.3 is 10.4 Å². The Labute approximate surface area is 129 Å². The summed E-state index contributed by atoms with van der Waals surface area (Å²) in [6, 6.07) is 16.2. The number of para-hydroxylation sites is 1. The third kappa shape index (κ3) is 4.38. The number of nitrogens with one attached hydrogen (secondary N) is 1. The summed E-state index contributed by atoms with van der Waals surface area (Å²) in [6.45, 7) is 2.24. The topological polar surface area (TPSA) is 75.4 Å². The third-order valence-electron chi connectivity index (χ3n) is 3.57. The molecule has 0 radical (unpaired) electrons. The lowest BCUT2D eigenvalue weighted by Crippen LogP contribution is -2.30. The van der Waals surface area contributed by atoms with Crippen LogP contribution in [0, 0.1) is 10.1 Å². The molecule has 5 heteroatoms. The smallest absolute Gasteiger partial charge is 0.274 e. The van der Waals surface area contributed by atoms with Crippen molar-refractivity contribution in [1.29, 1.82) is 0 Å². The molecule has 2 aromatic rings. The van der Waals surface area contributed by atoms with E-state index in [1.807, 2.05) is 37.3 Å². The molecular formula is C17H20N2O3. The number of hydrogen-bond acceptors (Lipinski definition) is 4. The van der Waals surface area contributed by atoms with Gasteiger partial charge in [-0.1, -0.05) is 48.5 Å². The maximum Gasteiger partial charge on any atom is 0.274 e. The molecule has 0 spiro atoms. The first-order valence-electron chi connectivity index (χ1n) is 7.26. The Hall–Kier alpha value is -2.24. The fourth-order valence-corrected chi connectivity index (χ4v) is 2.40. The van der Waals surface area contributed by atoms with Crippen LogP contribution in [-0.2, 0) is 6.42 Å². The van der Waals surface area contributed by atoms with Crippen molar-refractivity contribution >= 4 is 5.69 Å². The van der Waals surface area contributed by atoms with Crippen LogP contribution in [0.1, 0.15) is 24.1 Å². The van der Waals surface area contributed by atoms with Crippen molar-refractivity contribution in [2.75, 3.05) is 6.54 Å². The number of rotatable bonds is 7. The zero-order chi connectivity index (χ0) is 15.9. The molecule has 5 nitrogen and oxygen atoms in total. The first-order chi connectivity index (χ1) is 10.6. The highest BCUT2D eigenvalue weighted by Crippen LogP contribution is 2.24. The standard InChI is InChI=1S/C17H20N2O3/c1-13(16-9-5-6-10-17(16)19(21)22)18-12-15(20)11-14-7-3-2-4-8-14/h2-10,13,15,18,20H,11-12H2,1H3. The van der Waals surface area contributed by atoms with Crippen LogP contribution in [0.4, 0.5) is 5.69 Å². The van der Waals surface area contributed by atoms with Crippen molar-refractivity contribution in [3.8, 4) is 0 Å². The molecule has 116 valence electrons. The molecule has 2 unspecified atom stereocenters. The van der Waals surface area contributed by atoms with Crippen LogP contribution in [0.15, 0.2) is 54.6 Å². The number of hydrogen-bond donors (Lipinski definition) is 2. The summed E-state index contributed by atoms with van der Waals surface area (Å²) in [4.78, 5) is 10.7. The SMILES string of the molecule is CC(NCC(O)Cc1ccccc1)c1ccccc1[N+](=O)[O-]. The monoisotopic (exact) mass is 300 g/mol. The van der Waals surface area contributed by atoms with E-state index in [1.54, 1.807) is 18.2 Å². The van der Waals surface area contributed by atoms with E-state index < -0.39 is 6.10 Å². The average molecular weight is 300 g/mol. The molecule has 0 heterocycles. The highest BCUT2D eigenvalue weighted by Gasteiger charge is 2.18. The lowest BCUT2D eigenvalue weighted by Gasteiger charge is -2.17. The minimum Gasteiger partial charge on any atom is -0.391 e. The van der Waals surface area contributed by atoms with E-state index >= 15 is 0 Å². The predicted octanol–water partition coefficient (Wildman–Crippen LogP) is 2.85. The van der Waals surface area contributed by atoms with E-state index in [4.69, 9.17) is 0 Å². The van der Waals surface area contributed by atoms with E-state index in [9.17, 15) is 15.2 Å². The lowest BCUT2D eigenvalue weighted by atomic mass is 10.0. The molecule has 2 atom stereocenters. The molecule has 0 aliphatic heterocycles.